The van der Waals surface area contributed by atoms with Gasteiger partial charge in [0.1, 0.15) is 12.7 Å². The van der Waals surface area contributed by atoms with Crippen LogP contribution in [0.4, 0.5) is 0 Å². The number of aryl methyl sites for hydroxylation is 2. The van der Waals surface area contributed by atoms with Crippen molar-refractivity contribution in [2.75, 3.05) is 26.4 Å². The summed E-state index contributed by atoms with van der Waals surface area (Å²) in [7, 11) is 0. The van der Waals surface area contributed by atoms with Crippen molar-refractivity contribution in [3.8, 4) is 28.3 Å². The van der Waals surface area contributed by atoms with Crippen LogP contribution in [-0.2, 0) is 29.0 Å². The second-order valence-electron chi connectivity index (χ2n) is 9.09. The quantitative estimate of drug-likeness (QED) is 0.550. The third kappa shape index (κ3) is 4.86. The molecular formula is C25H30N4O4. The Morgan fingerprint density at radius 3 is 2.94 bits per heavy atom. The van der Waals surface area contributed by atoms with Crippen LogP contribution in [0.5, 0.6) is 5.88 Å². The van der Waals surface area contributed by atoms with E-state index in [-0.39, 0.29) is 11.8 Å². The number of ether oxygens (including phenoxy) is 3. The van der Waals surface area contributed by atoms with Crippen molar-refractivity contribution in [1.29, 1.82) is 0 Å². The monoisotopic (exact) mass is 450 g/mol. The van der Waals surface area contributed by atoms with Crippen molar-refractivity contribution in [3.63, 3.8) is 0 Å². The summed E-state index contributed by atoms with van der Waals surface area (Å²) in [4.78, 5) is 16.8. The van der Waals surface area contributed by atoms with Crippen LogP contribution in [-0.4, -0.2) is 51.9 Å². The lowest BCUT2D eigenvalue weighted by molar-refractivity contribution is -0.102. The Bertz CT molecular complexity index is 1180. The fraction of sp³-hybridized carbons (Fsp3) is 0.480. The van der Waals surface area contributed by atoms with E-state index in [4.69, 9.17) is 14.2 Å². The van der Waals surface area contributed by atoms with E-state index in [1.165, 1.54) is 5.56 Å². The number of nitrogens with zero attached hydrogens (tertiary/aromatic N) is 4. The molecule has 3 aromatic rings. The second-order valence-corrected chi connectivity index (χ2v) is 9.09. The predicted molar refractivity (Wildman–Crippen MR) is 124 cm³/mol. The Hall–Kier alpha value is -2.97. The van der Waals surface area contributed by atoms with E-state index in [0.717, 1.165) is 41.8 Å². The zero-order chi connectivity index (χ0) is 22.8. The van der Waals surface area contributed by atoms with Crippen molar-refractivity contribution in [2.45, 2.75) is 45.9 Å². The van der Waals surface area contributed by atoms with Gasteiger partial charge in [-0.25, -0.2) is 4.79 Å². The molecule has 2 aliphatic rings. The Labute approximate surface area is 193 Å². The summed E-state index contributed by atoms with van der Waals surface area (Å²) in [6.07, 6.45) is 5.78. The summed E-state index contributed by atoms with van der Waals surface area (Å²) in [5, 5.41) is 4.52. The summed E-state index contributed by atoms with van der Waals surface area (Å²) in [6, 6.07) is 8.24. The van der Waals surface area contributed by atoms with E-state index in [2.05, 4.69) is 48.3 Å². The van der Waals surface area contributed by atoms with Gasteiger partial charge in [-0.05, 0) is 29.9 Å². The average molecular weight is 451 g/mol. The molecule has 8 heteroatoms. The molecule has 8 nitrogen and oxygen atoms in total. The van der Waals surface area contributed by atoms with Gasteiger partial charge in [0.05, 0.1) is 31.7 Å². The van der Waals surface area contributed by atoms with Gasteiger partial charge in [0.25, 0.3) is 0 Å². The van der Waals surface area contributed by atoms with Gasteiger partial charge in [0, 0.05) is 36.5 Å². The molecular weight excluding hydrogens is 420 g/mol. The molecule has 0 radical (unpaired) electrons. The molecule has 0 amide bonds. The lowest BCUT2D eigenvalue weighted by atomic mass is 9.94. The van der Waals surface area contributed by atoms with Gasteiger partial charge < -0.3 is 14.2 Å². The molecule has 1 atom stereocenters. The maximum atomic E-state index is 12.7. The largest absolute Gasteiger partial charge is 0.475 e. The first-order valence-corrected chi connectivity index (χ1v) is 11.7. The molecule has 5 rings (SSSR count). The van der Waals surface area contributed by atoms with Crippen molar-refractivity contribution in [1.82, 2.24) is 19.3 Å². The lowest BCUT2D eigenvalue weighted by Gasteiger charge is -2.24. The Kier molecular flexibility index (Phi) is 6.28. The summed E-state index contributed by atoms with van der Waals surface area (Å²) in [5.41, 5.74) is 5.05. The van der Waals surface area contributed by atoms with E-state index in [1.54, 1.807) is 4.57 Å². The van der Waals surface area contributed by atoms with Crippen molar-refractivity contribution < 1.29 is 14.2 Å². The SMILES string of the molecule is CC(C)CCn1cc(-c2ccc3c(c2)CCn2c-3cc(OCC3COCCO3)nc2=O)cn1. The maximum absolute atomic E-state index is 12.7. The van der Waals surface area contributed by atoms with Crippen LogP contribution in [0.3, 0.4) is 0 Å². The number of fused-ring (bicyclic) bond motifs is 3. The summed E-state index contributed by atoms with van der Waals surface area (Å²) in [5.74, 6) is 0.973. The molecule has 0 saturated carbocycles. The molecule has 2 aliphatic heterocycles. The van der Waals surface area contributed by atoms with Gasteiger partial charge in [-0.15, -0.1) is 0 Å². The van der Waals surface area contributed by atoms with Crippen molar-refractivity contribution in [2.24, 2.45) is 5.92 Å². The molecule has 0 bridgehead atoms. The minimum atomic E-state index is -0.288. The molecule has 33 heavy (non-hydrogen) atoms. The summed E-state index contributed by atoms with van der Waals surface area (Å²) in [6.45, 7) is 7.93. The van der Waals surface area contributed by atoms with E-state index in [9.17, 15) is 4.79 Å². The predicted octanol–water partition coefficient (Wildman–Crippen LogP) is 3.17. The van der Waals surface area contributed by atoms with Gasteiger partial charge in [0.15, 0.2) is 0 Å². The zero-order valence-electron chi connectivity index (χ0n) is 19.2. The third-order valence-corrected chi connectivity index (χ3v) is 6.18. The zero-order valence-corrected chi connectivity index (χ0v) is 19.2. The molecule has 1 unspecified atom stereocenters. The van der Waals surface area contributed by atoms with E-state index < -0.39 is 0 Å². The van der Waals surface area contributed by atoms with E-state index >= 15 is 0 Å². The van der Waals surface area contributed by atoms with E-state index in [0.29, 0.717) is 44.8 Å². The maximum Gasteiger partial charge on any atom is 0.351 e. The van der Waals surface area contributed by atoms with Gasteiger partial charge in [-0.2, -0.15) is 10.1 Å². The van der Waals surface area contributed by atoms with Crippen LogP contribution in [0.2, 0.25) is 0 Å². The molecule has 0 aliphatic carbocycles. The number of aromatic nitrogens is 4. The molecule has 1 saturated heterocycles. The van der Waals surface area contributed by atoms with E-state index in [1.807, 2.05) is 16.9 Å². The fourth-order valence-electron chi connectivity index (χ4n) is 4.30. The first-order chi connectivity index (χ1) is 16.1. The number of hydrogen-bond acceptors (Lipinski definition) is 6. The van der Waals surface area contributed by atoms with Gasteiger partial charge in [-0.1, -0.05) is 32.0 Å². The highest BCUT2D eigenvalue weighted by Crippen LogP contribution is 2.33. The molecule has 174 valence electrons. The van der Waals surface area contributed by atoms with Crippen LogP contribution in [0, 0.1) is 5.92 Å². The smallest absolute Gasteiger partial charge is 0.351 e. The van der Waals surface area contributed by atoms with Crippen LogP contribution < -0.4 is 10.4 Å². The van der Waals surface area contributed by atoms with Crippen LogP contribution >= 0.6 is 0 Å². The molecule has 2 aromatic heterocycles. The Morgan fingerprint density at radius 2 is 2.12 bits per heavy atom. The van der Waals surface area contributed by atoms with Crippen molar-refractivity contribution in [3.05, 3.63) is 52.7 Å². The second kappa shape index (κ2) is 9.49. The normalized spacial score (nSPS) is 17.6. The molecule has 0 N–H and O–H groups in total. The highest BCUT2D eigenvalue weighted by atomic mass is 16.6. The number of rotatable bonds is 7. The minimum Gasteiger partial charge on any atom is -0.475 e. The lowest BCUT2D eigenvalue weighted by Crippen LogP contribution is -2.34. The fourth-order valence-corrected chi connectivity index (χ4v) is 4.30. The number of hydrogen-bond donors (Lipinski definition) is 0. The number of benzene rings is 1. The third-order valence-electron chi connectivity index (χ3n) is 6.18. The first kappa shape index (κ1) is 21.9. The first-order valence-electron chi connectivity index (χ1n) is 11.7. The molecule has 4 heterocycles. The average Bonchev–Trinajstić information content (AvgIpc) is 3.31. The molecule has 0 spiro atoms. The van der Waals surface area contributed by atoms with Gasteiger partial charge >= 0.3 is 5.69 Å². The minimum absolute atomic E-state index is 0.143. The van der Waals surface area contributed by atoms with Gasteiger partial charge in [-0.3, -0.25) is 9.25 Å². The van der Waals surface area contributed by atoms with Gasteiger partial charge in [0.2, 0.25) is 5.88 Å². The molecule has 1 fully saturated rings. The highest BCUT2D eigenvalue weighted by Gasteiger charge is 2.21. The van der Waals surface area contributed by atoms with Crippen molar-refractivity contribution >= 4 is 0 Å². The van der Waals surface area contributed by atoms with Crippen LogP contribution in [0.25, 0.3) is 22.4 Å². The highest BCUT2D eigenvalue weighted by molar-refractivity contribution is 5.73. The van der Waals surface area contributed by atoms with Crippen LogP contribution in [0.15, 0.2) is 41.5 Å². The topological polar surface area (TPSA) is 80.4 Å². The summed E-state index contributed by atoms with van der Waals surface area (Å²) >= 11 is 0. The standard InChI is InChI=1S/C25H30N4O4/c1-17(2)5-7-28-14-20(13-26-28)18-3-4-22-19(11-18)6-8-29-23(22)12-24(27-25(29)30)33-16-21-15-31-9-10-32-21/h3-4,11-14,17,21H,5-10,15-16H2,1-2H3. The Balaban J connectivity index is 1.37. The molecule has 1 aromatic carbocycles. The Morgan fingerprint density at radius 1 is 1.21 bits per heavy atom. The summed E-state index contributed by atoms with van der Waals surface area (Å²) < 4.78 is 20.6. The van der Waals surface area contributed by atoms with Crippen LogP contribution in [0.1, 0.15) is 25.8 Å².